The number of hydrogen-bond acceptors (Lipinski definition) is 6. The molecule has 1 saturated heterocycles. The molecule has 1 aliphatic rings. The number of halogens is 2. The molecule has 0 unspecified atom stereocenters. The van der Waals surface area contributed by atoms with Crippen molar-refractivity contribution in [2.24, 2.45) is 5.92 Å². The summed E-state index contributed by atoms with van der Waals surface area (Å²) < 4.78 is 34.8. The van der Waals surface area contributed by atoms with E-state index in [0.717, 1.165) is 37.9 Å². The summed E-state index contributed by atoms with van der Waals surface area (Å²) in [5, 5.41) is 9.18. The van der Waals surface area contributed by atoms with Crippen molar-refractivity contribution in [3.8, 4) is 22.9 Å². The molecule has 0 N–H and O–H groups in total. The van der Waals surface area contributed by atoms with E-state index < -0.39 is 17.4 Å². The van der Waals surface area contributed by atoms with Crippen LogP contribution in [-0.2, 0) is 6.42 Å². The fourth-order valence-corrected chi connectivity index (χ4v) is 3.78. The van der Waals surface area contributed by atoms with Gasteiger partial charge in [-0.1, -0.05) is 6.92 Å². The minimum atomic E-state index is -0.797. The van der Waals surface area contributed by atoms with Gasteiger partial charge >= 0.3 is 0 Å². The first-order valence-corrected chi connectivity index (χ1v) is 10.6. The zero-order valence-electron chi connectivity index (χ0n) is 17.8. The molecule has 164 valence electrons. The van der Waals surface area contributed by atoms with Crippen LogP contribution in [-0.4, -0.2) is 34.6 Å². The molecule has 4 rings (SSSR count). The van der Waals surface area contributed by atoms with E-state index in [2.05, 4.69) is 26.8 Å². The number of nitrogens with zero attached hydrogens (tertiary/aromatic N) is 5. The van der Waals surface area contributed by atoms with Gasteiger partial charge in [-0.3, -0.25) is 0 Å². The molecule has 3 aromatic rings. The second-order valence-electron chi connectivity index (χ2n) is 7.77. The molecule has 2 aromatic heterocycles. The lowest BCUT2D eigenvalue weighted by molar-refractivity contribution is 0.207. The zero-order chi connectivity index (χ0) is 22.5. The minimum absolute atomic E-state index is 0.111. The average molecular weight is 435 g/mol. The van der Waals surface area contributed by atoms with Gasteiger partial charge in [0.2, 0.25) is 5.95 Å². The third kappa shape index (κ3) is 4.67. The molecule has 0 saturated carbocycles. The largest absolute Gasteiger partial charge is 0.487 e. The van der Waals surface area contributed by atoms with Crippen LogP contribution in [0.15, 0.2) is 42.9 Å². The number of aryl methyl sites for hydroxylation is 1. The van der Waals surface area contributed by atoms with Crippen LogP contribution in [0, 0.1) is 28.9 Å². The number of anilines is 1. The van der Waals surface area contributed by atoms with E-state index in [-0.39, 0.29) is 23.8 Å². The van der Waals surface area contributed by atoms with Crippen molar-refractivity contribution < 1.29 is 13.5 Å². The summed E-state index contributed by atoms with van der Waals surface area (Å²) in [6, 6.07) is 7.51. The maximum absolute atomic E-state index is 14.6. The number of nitriles is 1. The molecule has 6 nitrogen and oxygen atoms in total. The Bertz CT molecular complexity index is 1100. The molecule has 1 aliphatic heterocycles. The number of hydrogen-bond donors (Lipinski definition) is 0. The molecule has 3 heterocycles. The van der Waals surface area contributed by atoms with Crippen LogP contribution in [0.5, 0.6) is 5.75 Å². The Morgan fingerprint density at radius 3 is 2.44 bits per heavy atom. The highest BCUT2D eigenvalue weighted by Gasteiger charge is 2.23. The van der Waals surface area contributed by atoms with E-state index in [1.165, 1.54) is 18.3 Å². The van der Waals surface area contributed by atoms with Crippen molar-refractivity contribution in [2.75, 3.05) is 24.6 Å². The average Bonchev–Trinajstić information content (AvgIpc) is 2.84. The highest BCUT2D eigenvalue weighted by atomic mass is 19.1. The van der Waals surface area contributed by atoms with E-state index in [4.69, 9.17) is 4.74 Å². The molecule has 0 radical (unpaired) electrons. The number of rotatable bonds is 6. The van der Waals surface area contributed by atoms with E-state index in [9.17, 15) is 14.0 Å². The first-order valence-electron chi connectivity index (χ1n) is 10.6. The van der Waals surface area contributed by atoms with Gasteiger partial charge in [0, 0.05) is 37.2 Å². The number of ether oxygens (including phenoxy) is 1. The molecule has 0 spiro atoms. The van der Waals surface area contributed by atoms with Crippen LogP contribution >= 0.6 is 0 Å². The highest BCUT2D eigenvalue weighted by Crippen LogP contribution is 2.31. The van der Waals surface area contributed by atoms with Crippen molar-refractivity contribution >= 4 is 5.95 Å². The second-order valence-corrected chi connectivity index (χ2v) is 7.77. The smallest absolute Gasteiger partial charge is 0.225 e. The molecule has 32 heavy (non-hydrogen) atoms. The summed E-state index contributed by atoms with van der Waals surface area (Å²) in [5.41, 5.74) is 1.83. The summed E-state index contributed by atoms with van der Waals surface area (Å²) in [5.74, 6) is -1.09. The molecule has 1 aromatic carbocycles. The predicted molar refractivity (Wildman–Crippen MR) is 116 cm³/mol. The van der Waals surface area contributed by atoms with Crippen molar-refractivity contribution in [2.45, 2.75) is 26.2 Å². The molecular weight excluding hydrogens is 412 g/mol. The summed E-state index contributed by atoms with van der Waals surface area (Å²) >= 11 is 0. The Labute approximate surface area is 185 Å². The van der Waals surface area contributed by atoms with Crippen molar-refractivity contribution in [1.82, 2.24) is 15.0 Å². The Hall–Kier alpha value is -3.60. The van der Waals surface area contributed by atoms with Crippen molar-refractivity contribution in [3.05, 3.63) is 65.7 Å². The second kappa shape index (κ2) is 9.69. The van der Waals surface area contributed by atoms with Crippen LogP contribution < -0.4 is 9.64 Å². The van der Waals surface area contributed by atoms with Crippen molar-refractivity contribution in [1.29, 1.82) is 5.26 Å². The van der Waals surface area contributed by atoms with Gasteiger partial charge in [0.15, 0.2) is 17.4 Å². The summed E-state index contributed by atoms with van der Waals surface area (Å²) in [6.07, 6.45) is 7.69. The number of benzene rings is 1. The SMILES string of the molecule is CCc1cnc(N2CCC(COc3c(F)cc(-c4cccnc4C#N)cc3F)CC2)nc1. The molecule has 0 amide bonds. The van der Waals surface area contributed by atoms with Gasteiger partial charge in [-0.15, -0.1) is 0 Å². The van der Waals surface area contributed by atoms with Crippen LogP contribution in [0.4, 0.5) is 14.7 Å². The Kier molecular flexibility index (Phi) is 6.55. The number of pyridine rings is 1. The van der Waals surface area contributed by atoms with Crippen molar-refractivity contribution in [3.63, 3.8) is 0 Å². The first-order chi connectivity index (χ1) is 15.6. The fraction of sp³-hybridized carbons (Fsp3) is 0.333. The lowest BCUT2D eigenvalue weighted by Crippen LogP contribution is -2.36. The zero-order valence-corrected chi connectivity index (χ0v) is 17.8. The molecule has 0 atom stereocenters. The van der Waals surface area contributed by atoms with Gasteiger partial charge in [0.05, 0.1) is 6.61 Å². The van der Waals surface area contributed by atoms with Gasteiger partial charge in [-0.05, 0) is 60.6 Å². The molecule has 0 aliphatic carbocycles. The molecule has 0 bridgehead atoms. The summed E-state index contributed by atoms with van der Waals surface area (Å²) in [4.78, 5) is 14.9. The maximum atomic E-state index is 14.6. The molecule has 1 fully saturated rings. The highest BCUT2D eigenvalue weighted by molar-refractivity contribution is 5.69. The third-order valence-corrected chi connectivity index (χ3v) is 5.68. The fourth-order valence-electron chi connectivity index (χ4n) is 3.78. The Balaban J connectivity index is 1.37. The quantitative estimate of drug-likeness (QED) is 0.566. The van der Waals surface area contributed by atoms with Crippen LogP contribution in [0.2, 0.25) is 0 Å². The van der Waals surface area contributed by atoms with E-state index >= 15 is 0 Å². The van der Waals surface area contributed by atoms with Gasteiger partial charge in [-0.2, -0.15) is 5.26 Å². The first kappa shape index (κ1) is 21.6. The monoisotopic (exact) mass is 435 g/mol. The summed E-state index contributed by atoms with van der Waals surface area (Å²) in [7, 11) is 0. The number of piperidine rings is 1. The van der Waals surface area contributed by atoms with Gasteiger partial charge < -0.3 is 9.64 Å². The van der Waals surface area contributed by atoms with Gasteiger partial charge in [0.25, 0.3) is 0 Å². The normalized spacial score (nSPS) is 14.2. The van der Waals surface area contributed by atoms with E-state index in [1.54, 1.807) is 12.1 Å². The van der Waals surface area contributed by atoms with Crippen LogP contribution in [0.3, 0.4) is 0 Å². The van der Waals surface area contributed by atoms with E-state index in [0.29, 0.717) is 11.5 Å². The third-order valence-electron chi connectivity index (χ3n) is 5.68. The molecule has 8 heteroatoms. The van der Waals surface area contributed by atoms with Gasteiger partial charge in [0.1, 0.15) is 11.8 Å². The minimum Gasteiger partial charge on any atom is -0.487 e. The lowest BCUT2D eigenvalue weighted by atomic mass is 9.98. The molecular formula is C24H23F2N5O. The van der Waals surface area contributed by atoms with Crippen LogP contribution in [0.25, 0.3) is 11.1 Å². The Morgan fingerprint density at radius 1 is 1.12 bits per heavy atom. The predicted octanol–water partition coefficient (Wildman–Crippen LogP) is 4.55. The Morgan fingerprint density at radius 2 is 1.81 bits per heavy atom. The van der Waals surface area contributed by atoms with E-state index in [1.807, 2.05) is 18.5 Å². The topological polar surface area (TPSA) is 74.9 Å². The lowest BCUT2D eigenvalue weighted by Gasteiger charge is -2.31. The number of aromatic nitrogens is 3. The maximum Gasteiger partial charge on any atom is 0.225 e. The van der Waals surface area contributed by atoms with Gasteiger partial charge in [-0.25, -0.2) is 23.7 Å². The van der Waals surface area contributed by atoms with Crippen LogP contribution in [0.1, 0.15) is 31.0 Å². The summed E-state index contributed by atoms with van der Waals surface area (Å²) in [6.45, 7) is 3.82. The standard InChI is InChI=1S/C24H23F2N5O/c1-2-16-13-29-24(30-14-16)31-8-5-17(6-9-31)15-32-23-20(25)10-18(11-21(23)26)19-4-3-7-28-22(19)12-27/h3-4,7,10-11,13-14,17H,2,5-6,8-9,15H2,1H3.